The molecular weight excluding hydrogens is 362 g/mol. The van der Waals surface area contributed by atoms with Gasteiger partial charge in [0.25, 0.3) is 5.91 Å². The van der Waals surface area contributed by atoms with E-state index in [4.69, 9.17) is 11.6 Å². The molecule has 0 aliphatic carbocycles. The molecule has 136 valence electrons. The highest BCUT2D eigenvalue weighted by molar-refractivity contribution is 6.31. The lowest BCUT2D eigenvalue weighted by molar-refractivity contribution is -0.117. The normalized spacial score (nSPS) is 14.0. The Morgan fingerprint density at radius 2 is 2.00 bits per heavy atom. The number of hydrogen-bond acceptors (Lipinski definition) is 3. The van der Waals surface area contributed by atoms with Crippen LogP contribution in [0.15, 0.2) is 48.5 Å². The third-order valence-corrected chi connectivity index (χ3v) is 4.96. The number of aromatic nitrogens is 1. The van der Waals surface area contributed by atoms with Crippen LogP contribution in [0.5, 0.6) is 0 Å². The van der Waals surface area contributed by atoms with Crippen molar-refractivity contribution in [1.29, 1.82) is 0 Å². The molecule has 1 saturated heterocycles. The van der Waals surface area contributed by atoms with Gasteiger partial charge in [-0.1, -0.05) is 23.7 Å². The van der Waals surface area contributed by atoms with E-state index in [2.05, 4.69) is 10.3 Å². The minimum absolute atomic E-state index is 0.0786. The van der Waals surface area contributed by atoms with E-state index in [0.29, 0.717) is 34.9 Å². The van der Waals surface area contributed by atoms with Crippen LogP contribution in [0.3, 0.4) is 0 Å². The van der Waals surface area contributed by atoms with Gasteiger partial charge in [-0.2, -0.15) is 0 Å². The second-order valence-corrected chi connectivity index (χ2v) is 7.02. The Hall–Kier alpha value is -2.92. The lowest BCUT2D eigenvalue weighted by Crippen LogP contribution is -2.25. The van der Waals surface area contributed by atoms with E-state index >= 15 is 0 Å². The highest BCUT2D eigenvalue weighted by atomic mass is 35.5. The fraction of sp³-hybridized carbons (Fsp3) is 0.190. The molecule has 1 aliphatic heterocycles. The van der Waals surface area contributed by atoms with E-state index in [1.165, 1.54) is 0 Å². The van der Waals surface area contributed by atoms with Gasteiger partial charge < -0.3 is 10.2 Å². The van der Waals surface area contributed by atoms with E-state index in [9.17, 15) is 9.59 Å². The first-order chi connectivity index (χ1) is 13.0. The minimum Gasteiger partial charge on any atom is -0.320 e. The summed E-state index contributed by atoms with van der Waals surface area (Å²) in [6.45, 7) is 2.47. The number of rotatable bonds is 3. The van der Waals surface area contributed by atoms with Crippen LogP contribution in [0.1, 0.15) is 28.9 Å². The quantitative estimate of drug-likeness (QED) is 0.724. The molecule has 27 heavy (non-hydrogen) atoms. The molecule has 3 aromatic rings. The third-order valence-electron chi connectivity index (χ3n) is 4.73. The minimum atomic E-state index is -0.263. The summed E-state index contributed by atoms with van der Waals surface area (Å²) in [5.74, 6) is -0.184. The van der Waals surface area contributed by atoms with Crippen molar-refractivity contribution in [3.63, 3.8) is 0 Å². The van der Waals surface area contributed by atoms with E-state index < -0.39 is 0 Å². The summed E-state index contributed by atoms with van der Waals surface area (Å²) >= 11 is 6.06. The van der Waals surface area contributed by atoms with Gasteiger partial charge in [0, 0.05) is 23.4 Å². The molecular formula is C21H18ClN3O2. The first kappa shape index (κ1) is 17.5. The number of amides is 2. The molecule has 0 saturated carbocycles. The zero-order valence-electron chi connectivity index (χ0n) is 14.8. The summed E-state index contributed by atoms with van der Waals surface area (Å²) < 4.78 is 0. The summed E-state index contributed by atoms with van der Waals surface area (Å²) in [5, 5.41) is 4.34. The predicted molar refractivity (Wildman–Crippen MR) is 107 cm³/mol. The number of carbonyl (C=O) groups is 2. The molecule has 0 unspecified atom stereocenters. The Kier molecular flexibility index (Phi) is 4.54. The number of hydrogen-bond donors (Lipinski definition) is 1. The number of fused-ring (bicyclic) bond motifs is 1. The van der Waals surface area contributed by atoms with Crippen molar-refractivity contribution in [1.82, 2.24) is 4.98 Å². The van der Waals surface area contributed by atoms with Crippen molar-refractivity contribution in [2.45, 2.75) is 19.8 Å². The van der Waals surface area contributed by atoms with Gasteiger partial charge in [-0.15, -0.1) is 0 Å². The Morgan fingerprint density at radius 1 is 1.19 bits per heavy atom. The second-order valence-electron chi connectivity index (χ2n) is 6.58. The van der Waals surface area contributed by atoms with E-state index in [0.717, 1.165) is 23.0 Å². The molecule has 2 heterocycles. The maximum absolute atomic E-state index is 12.9. The zero-order chi connectivity index (χ0) is 19.0. The number of anilines is 2. The number of halogens is 1. The van der Waals surface area contributed by atoms with E-state index in [1.54, 1.807) is 36.1 Å². The van der Waals surface area contributed by atoms with Crippen molar-refractivity contribution in [2.24, 2.45) is 0 Å². The maximum Gasteiger partial charge on any atom is 0.257 e. The number of pyridine rings is 1. The SMILES string of the molecule is Cc1nc2ccc(Cl)cc2cc1C(=O)Nc1ccccc1N1CCCC1=O. The molecule has 4 rings (SSSR count). The number of benzene rings is 2. The van der Waals surface area contributed by atoms with Gasteiger partial charge >= 0.3 is 0 Å². The molecule has 1 aliphatic rings. The van der Waals surface area contributed by atoms with Crippen molar-refractivity contribution >= 4 is 45.7 Å². The van der Waals surface area contributed by atoms with Crippen LogP contribution in [0.2, 0.25) is 5.02 Å². The summed E-state index contributed by atoms with van der Waals surface area (Å²) in [7, 11) is 0. The number of aryl methyl sites for hydroxylation is 1. The summed E-state index contributed by atoms with van der Waals surface area (Å²) in [4.78, 5) is 31.3. The largest absolute Gasteiger partial charge is 0.320 e. The molecule has 2 aromatic carbocycles. The zero-order valence-corrected chi connectivity index (χ0v) is 15.6. The monoisotopic (exact) mass is 379 g/mol. The Bertz CT molecular complexity index is 1060. The van der Waals surface area contributed by atoms with Gasteiger partial charge in [0.1, 0.15) is 0 Å². The average Bonchev–Trinajstić information content (AvgIpc) is 3.07. The molecule has 6 heteroatoms. The van der Waals surface area contributed by atoms with Crippen LogP contribution >= 0.6 is 11.6 Å². The number of nitrogens with zero attached hydrogens (tertiary/aromatic N) is 2. The van der Waals surface area contributed by atoms with Crippen molar-refractivity contribution in [2.75, 3.05) is 16.8 Å². The molecule has 1 fully saturated rings. The fourth-order valence-corrected chi connectivity index (χ4v) is 3.56. The molecule has 0 atom stereocenters. The van der Waals surface area contributed by atoms with Crippen LogP contribution in [0.25, 0.3) is 10.9 Å². The first-order valence-electron chi connectivity index (χ1n) is 8.80. The van der Waals surface area contributed by atoms with Gasteiger partial charge in [-0.05, 0) is 49.7 Å². The van der Waals surface area contributed by atoms with Gasteiger partial charge in [0.05, 0.1) is 28.1 Å². The van der Waals surface area contributed by atoms with Crippen LogP contribution in [0.4, 0.5) is 11.4 Å². The van der Waals surface area contributed by atoms with Gasteiger partial charge in [0.15, 0.2) is 0 Å². The van der Waals surface area contributed by atoms with Crippen LogP contribution in [0, 0.1) is 6.92 Å². The van der Waals surface area contributed by atoms with E-state index in [-0.39, 0.29) is 11.8 Å². The highest BCUT2D eigenvalue weighted by Crippen LogP contribution is 2.30. The first-order valence-corrected chi connectivity index (χ1v) is 9.18. The van der Waals surface area contributed by atoms with Crippen molar-refractivity contribution in [3.8, 4) is 0 Å². The highest BCUT2D eigenvalue weighted by Gasteiger charge is 2.24. The van der Waals surface area contributed by atoms with Crippen LogP contribution in [-0.2, 0) is 4.79 Å². The number of para-hydroxylation sites is 2. The van der Waals surface area contributed by atoms with Gasteiger partial charge in [0.2, 0.25) is 5.91 Å². The second kappa shape index (κ2) is 7.00. The molecule has 0 spiro atoms. The molecule has 1 N–H and O–H groups in total. The molecule has 5 nitrogen and oxygen atoms in total. The lowest BCUT2D eigenvalue weighted by Gasteiger charge is -2.20. The topological polar surface area (TPSA) is 62.3 Å². The average molecular weight is 380 g/mol. The molecule has 1 aromatic heterocycles. The smallest absolute Gasteiger partial charge is 0.257 e. The molecule has 0 bridgehead atoms. The van der Waals surface area contributed by atoms with Crippen molar-refractivity contribution in [3.05, 3.63) is 64.8 Å². The van der Waals surface area contributed by atoms with Crippen LogP contribution < -0.4 is 10.2 Å². The predicted octanol–water partition coefficient (Wildman–Crippen LogP) is 4.58. The Labute approximate surface area is 162 Å². The van der Waals surface area contributed by atoms with Crippen LogP contribution in [-0.4, -0.2) is 23.3 Å². The number of carbonyl (C=O) groups excluding carboxylic acids is 2. The van der Waals surface area contributed by atoms with Crippen molar-refractivity contribution < 1.29 is 9.59 Å². The standard InChI is InChI=1S/C21H18ClN3O2/c1-13-16(12-14-11-15(22)8-9-17(14)23-13)21(27)24-18-5-2-3-6-19(18)25-10-4-7-20(25)26/h2-3,5-6,8-9,11-12H,4,7,10H2,1H3,(H,24,27). The summed E-state index contributed by atoms with van der Waals surface area (Å²) in [6, 6.07) is 14.6. The summed E-state index contributed by atoms with van der Waals surface area (Å²) in [6.07, 6.45) is 1.37. The van der Waals surface area contributed by atoms with E-state index in [1.807, 2.05) is 24.3 Å². The lowest BCUT2D eigenvalue weighted by atomic mass is 10.1. The summed E-state index contributed by atoms with van der Waals surface area (Å²) in [5.41, 5.74) is 3.24. The Morgan fingerprint density at radius 3 is 2.78 bits per heavy atom. The Balaban J connectivity index is 1.68. The third kappa shape index (κ3) is 3.38. The van der Waals surface area contributed by atoms with Gasteiger partial charge in [-0.3, -0.25) is 14.6 Å². The maximum atomic E-state index is 12.9. The fourth-order valence-electron chi connectivity index (χ4n) is 3.38. The van der Waals surface area contributed by atoms with Gasteiger partial charge in [-0.25, -0.2) is 0 Å². The molecule has 2 amide bonds. The molecule has 0 radical (unpaired) electrons. The number of nitrogens with one attached hydrogen (secondary N) is 1.